The van der Waals surface area contributed by atoms with Crippen LogP contribution in [0.3, 0.4) is 0 Å². The summed E-state index contributed by atoms with van der Waals surface area (Å²) in [5.41, 5.74) is 0.880. The second-order valence-corrected chi connectivity index (χ2v) is 7.97. The molecule has 7 nitrogen and oxygen atoms in total. The normalized spacial score (nSPS) is 19.5. The number of benzene rings is 1. The minimum absolute atomic E-state index is 0.115. The molecule has 0 unspecified atom stereocenters. The number of ether oxygens (including phenoxy) is 1. The fourth-order valence-electron chi connectivity index (χ4n) is 2.68. The van der Waals surface area contributed by atoms with Gasteiger partial charge in [-0.2, -0.15) is 9.29 Å². The first-order valence-electron chi connectivity index (χ1n) is 8.06. The van der Waals surface area contributed by atoms with E-state index in [-0.39, 0.29) is 18.5 Å². The zero-order valence-corrected chi connectivity index (χ0v) is 14.4. The maximum atomic E-state index is 12.0. The first-order valence-corrected chi connectivity index (χ1v) is 9.67. The van der Waals surface area contributed by atoms with Gasteiger partial charge in [-0.1, -0.05) is 35.5 Å². The molecule has 1 aliphatic heterocycles. The number of piperidine rings is 1. The van der Waals surface area contributed by atoms with E-state index in [0.29, 0.717) is 24.8 Å². The van der Waals surface area contributed by atoms with Crippen molar-refractivity contribution in [1.29, 1.82) is 0 Å². The summed E-state index contributed by atoms with van der Waals surface area (Å²) in [6.07, 6.45) is 1.48. The molecule has 1 saturated heterocycles. The van der Waals surface area contributed by atoms with Gasteiger partial charge in [0.25, 0.3) is 5.89 Å². The summed E-state index contributed by atoms with van der Waals surface area (Å²) >= 11 is 0. The van der Waals surface area contributed by atoms with E-state index in [1.807, 2.05) is 30.3 Å². The van der Waals surface area contributed by atoms with Crippen LogP contribution in [0.15, 0.2) is 34.9 Å². The third-order valence-corrected chi connectivity index (χ3v) is 5.89. The molecule has 1 aromatic carbocycles. The Kier molecular flexibility index (Phi) is 5.27. The molecule has 8 heteroatoms. The van der Waals surface area contributed by atoms with Gasteiger partial charge >= 0.3 is 0 Å². The molecule has 1 fully saturated rings. The molecule has 0 radical (unpaired) electrons. The monoisotopic (exact) mass is 351 g/mol. The van der Waals surface area contributed by atoms with Crippen LogP contribution in [0.25, 0.3) is 11.4 Å². The van der Waals surface area contributed by atoms with E-state index in [1.165, 1.54) is 4.31 Å². The lowest BCUT2D eigenvalue weighted by Crippen LogP contribution is -2.43. The first-order chi connectivity index (χ1) is 11.6. The van der Waals surface area contributed by atoms with Crippen molar-refractivity contribution < 1.29 is 17.7 Å². The summed E-state index contributed by atoms with van der Waals surface area (Å²) in [6, 6.07) is 9.56. The molecule has 1 aromatic heterocycles. The molecule has 24 heavy (non-hydrogen) atoms. The lowest BCUT2D eigenvalue weighted by atomic mass is 10.1. The molecule has 1 aliphatic rings. The van der Waals surface area contributed by atoms with E-state index in [4.69, 9.17) is 9.26 Å². The second-order valence-electron chi connectivity index (χ2n) is 5.71. The van der Waals surface area contributed by atoms with Crippen LogP contribution in [0.1, 0.15) is 25.7 Å². The lowest BCUT2D eigenvalue weighted by molar-refractivity contribution is -0.00293. The van der Waals surface area contributed by atoms with Crippen molar-refractivity contribution in [2.45, 2.75) is 32.5 Å². The largest absolute Gasteiger partial charge is 0.367 e. The molecule has 0 N–H and O–H groups in total. The summed E-state index contributed by atoms with van der Waals surface area (Å²) in [6.45, 7) is 2.79. The molecular weight excluding hydrogens is 330 g/mol. The smallest absolute Gasteiger partial charge is 0.252 e. The Morgan fingerprint density at radius 1 is 1.33 bits per heavy atom. The highest BCUT2D eigenvalue weighted by molar-refractivity contribution is 7.89. The number of rotatable bonds is 6. The molecule has 1 atom stereocenters. The third kappa shape index (κ3) is 4.00. The van der Waals surface area contributed by atoms with Crippen LogP contribution in [-0.4, -0.2) is 47.8 Å². The molecule has 2 heterocycles. The van der Waals surface area contributed by atoms with Gasteiger partial charge in [-0.05, 0) is 19.8 Å². The van der Waals surface area contributed by atoms with Gasteiger partial charge < -0.3 is 9.26 Å². The van der Waals surface area contributed by atoms with Crippen molar-refractivity contribution in [2.24, 2.45) is 0 Å². The first kappa shape index (κ1) is 17.1. The summed E-state index contributed by atoms with van der Waals surface area (Å²) in [7, 11) is -3.17. The highest BCUT2D eigenvalue weighted by atomic mass is 32.2. The van der Waals surface area contributed by atoms with Crippen LogP contribution >= 0.6 is 0 Å². The number of hydrogen-bond donors (Lipinski definition) is 0. The van der Waals surface area contributed by atoms with E-state index in [0.717, 1.165) is 18.4 Å². The summed E-state index contributed by atoms with van der Waals surface area (Å²) in [5, 5.41) is 3.95. The standard InChI is InChI=1S/C16H21N3O4S/c1-2-24(20,21)19-10-6-9-14(11-19)22-12-15-17-16(18-23-15)13-7-4-3-5-8-13/h3-5,7-8,14H,2,6,9-12H2,1H3/t14-/m0/s1. The average molecular weight is 351 g/mol. The van der Waals surface area contributed by atoms with Crippen molar-refractivity contribution in [2.75, 3.05) is 18.8 Å². The fourth-order valence-corrected chi connectivity index (χ4v) is 3.85. The molecule has 2 aromatic rings. The summed E-state index contributed by atoms with van der Waals surface area (Å²) in [4.78, 5) is 4.31. The van der Waals surface area contributed by atoms with Crippen LogP contribution < -0.4 is 0 Å². The second kappa shape index (κ2) is 7.42. The minimum atomic E-state index is -3.17. The fraction of sp³-hybridized carbons (Fsp3) is 0.500. The lowest BCUT2D eigenvalue weighted by Gasteiger charge is -2.31. The predicted molar refractivity (Wildman–Crippen MR) is 88.6 cm³/mol. The molecule has 0 bridgehead atoms. The topological polar surface area (TPSA) is 85.5 Å². The molecule has 3 rings (SSSR count). The van der Waals surface area contributed by atoms with Crippen molar-refractivity contribution in [1.82, 2.24) is 14.4 Å². The van der Waals surface area contributed by atoms with Crippen molar-refractivity contribution in [3.63, 3.8) is 0 Å². The van der Waals surface area contributed by atoms with Crippen molar-refractivity contribution in [3.8, 4) is 11.4 Å². The highest BCUT2D eigenvalue weighted by Gasteiger charge is 2.28. The molecule has 0 saturated carbocycles. The Hall–Kier alpha value is -1.77. The van der Waals surface area contributed by atoms with Crippen molar-refractivity contribution in [3.05, 3.63) is 36.2 Å². The van der Waals surface area contributed by atoms with Gasteiger partial charge in [-0.25, -0.2) is 8.42 Å². The van der Waals surface area contributed by atoms with E-state index >= 15 is 0 Å². The van der Waals surface area contributed by atoms with Gasteiger partial charge in [-0.3, -0.25) is 0 Å². The predicted octanol–water partition coefficient (Wildman–Crippen LogP) is 2.07. The van der Waals surface area contributed by atoms with Gasteiger partial charge in [0.2, 0.25) is 15.8 Å². The van der Waals surface area contributed by atoms with Crippen LogP contribution in [-0.2, 0) is 21.4 Å². The summed E-state index contributed by atoms with van der Waals surface area (Å²) < 4.78 is 36.4. The molecular formula is C16H21N3O4S. The quantitative estimate of drug-likeness (QED) is 0.792. The van der Waals surface area contributed by atoms with Crippen LogP contribution in [0.5, 0.6) is 0 Å². The number of nitrogens with zero attached hydrogens (tertiary/aromatic N) is 3. The van der Waals surface area contributed by atoms with Gasteiger partial charge in [0.05, 0.1) is 11.9 Å². The van der Waals surface area contributed by atoms with Gasteiger partial charge in [-0.15, -0.1) is 0 Å². The highest BCUT2D eigenvalue weighted by Crippen LogP contribution is 2.19. The Balaban J connectivity index is 1.57. The third-order valence-electron chi connectivity index (χ3n) is 4.04. The number of sulfonamides is 1. The van der Waals surface area contributed by atoms with Crippen LogP contribution in [0, 0.1) is 0 Å². The molecule has 0 aliphatic carbocycles. The van der Waals surface area contributed by atoms with Gasteiger partial charge in [0.15, 0.2) is 0 Å². The summed E-state index contributed by atoms with van der Waals surface area (Å²) in [5.74, 6) is 1.03. The van der Waals surface area contributed by atoms with E-state index in [1.54, 1.807) is 6.92 Å². The Morgan fingerprint density at radius 2 is 2.12 bits per heavy atom. The van der Waals surface area contributed by atoms with E-state index in [9.17, 15) is 8.42 Å². The van der Waals surface area contributed by atoms with Gasteiger partial charge in [0, 0.05) is 18.7 Å². The van der Waals surface area contributed by atoms with Crippen LogP contribution in [0.2, 0.25) is 0 Å². The van der Waals surface area contributed by atoms with E-state index in [2.05, 4.69) is 10.1 Å². The average Bonchev–Trinajstić information content (AvgIpc) is 3.10. The van der Waals surface area contributed by atoms with Crippen molar-refractivity contribution >= 4 is 10.0 Å². The SMILES string of the molecule is CCS(=O)(=O)N1CCC[C@H](OCc2nc(-c3ccccc3)no2)C1. The van der Waals surface area contributed by atoms with Crippen LogP contribution in [0.4, 0.5) is 0 Å². The number of aromatic nitrogens is 2. The Labute approximate surface area is 141 Å². The van der Waals surface area contributed by atoms with Gasteiger partial charge in [0.1, 0.15) is 6.61 Å². The maximum absolute atomic E-state index is 12.0. The Bertz CT molecular complexity index is 761. The maximum Gasteiger partial charge on any atom is 0.252 e. The molecule has 0 amide bonds. The molecule has 0 spiro atoms. The number of hydrogen-bond acceptors (Lipinski definition) is 6. The Morgan fingerprint density at radius 3 is 2.88 bits per heavy atom. The minimum Gasteiger partial charge on any atom is -0.367 e. The zero-order valence-electron chi connectivity index (χ0n) is 13.6. The van der Waals surface area contributed by atoms with E-state index < -0.39 is 10.0 Å². The zero-order chi connectivity index (χ0) is 17.0. The molecule has 130 valence electrons.